The maximum Gasteiger partial charge on any atom is 0.337 e. The summed E-state index contributed by atoms with van der Waals surface area (Å²) in [6.07, 6.45) is -4.99. The van der Waals surface area contributed by atoms with Gasteiger partial charge in [-0.05, 0) is 0 Å². The Kier molecular flexibility index (Phi) is 6.08. The summed E-state index contributed by atoms with van der Waals surface area (Å²) >= 11 is 0. The zero-order valence-corrected chi connectivity index (χ0v) is 15.0. The smallest absolute Gasteiger partial charge is 0.337 e. The molecule has 0 radical (unpaired) electrons. The first-order valence-corrected chi connectivity index (χ1v) is 8.69. The molecule has 1 fully saturated rings. The van der Waals surface area contributed by atoms with E-state index < -0.39 is 73.6 Å². The van der Waals surface area contributed by atoms with Crippen LogP contribution in [0.3, 0.4) is 0 Å². The quantitative estimate of drug-likeness (QED) is 0.200. The minimum atomic E-state index is -1.79. The Balaban J connectivity index is 1.85. The molecule has 1 saturated heterocycles. The highest BCUT2D eigenvalue weighted by atomic mass is 16.8. The number of fused-ring (bicyclic) bond motifs is 1. The van der Waals surface area contributed by atoms with Crippen molar-refractivity contribution in [1.29, 1.82) is 0 Å². The van der Waals surface area contributed by atoms with Crippen molar-refractivity contribution in [3.8, 4) is 0 Å². The molecule has 0 unspecified atom stereocenters. The van der Waals surface area contributed by atoms with Crippen LogP contribution in [-0.4, -0.2) is 99.5 Å². The number of esters is 1. The minimum Gasteiger partial charge on any atom is -0.471 e. The Morgan fingerprint density at radius 3 is 2.50 bits per heavy atom. The van der Waals surface area contributed by atoms with Crippen LogP contribution in [-0.2, 0) is 23.7 Å². The van der Waals surface area contributed by atoms with Crippen molar-refractivity contribution in [2.45, 2.75) is 42.6 Å². The average molecular weight is 404 g/mol. The van der Waals surface area contributed by atoms with Gasteiger partial charge in [0.15, 0.2) is 6.29 Å². The Morgan fingerprint density at radius 2 is 1.89 bits per heavy atom. The van der Waals surface area contributed by atoms with Gasteiger partial charge in [-0.2, -0.15) is 0 Å². The monoisotopic (exact) mass is 404 g/mol. The molecular weight excluding hydrogens is 380 g/mol. The van der Waals surface area contributed by atoms with E-state index in [9.17, 15) is 35.4 Å². The van der Waals surface area contributed by atoms with Gasteiger partial charge in [-0.15, -0.1) is 0 Å². The number of aliphatic hydroxyl groups is 6. The van der Waals surface area contributed by atoms with Gasteiger partial charge in [0.1, 0.15) is 30.0 Å². The topological polar surface area (TPSA) is 175 Å². The number of ether oxygens (including phenoxy) is 4. The summed E-state index contributed by atoms with van der Waals surface area (Å²) in [5.41, 5.74) is -1.70. The van der Waals surface area contributed by atoms with Gasteiger partial charge < -0.3 is 49.6 Å². The van der Waals surface area contributed by atoms with Gasteiger partial charge in [-0.3, -0.25) is 0 Å². The maximum atomic E-state index is 12.0. The van der Waals surface area contributed by atoms with Crippen LogP contribution >= 0.6 is 0 Å². The van der Waals surface area contributed by atoms with E-state index in [-0.39, 0.29) is 5.57 Å². The summed E-state index contributed by atoms with van der Waals surface area (Å²) < 4.78 is 21.0. The molecule has 2 aliphatic heterocycles. The van der Waals surface area contributed by atoms with Crippen LogP contribution in [0.15, 0.2) is 24.0 Å². The van der Waals surface area contributed by atoms with Crippen LogP contribution in [0.2, 0.25) is 0 Å². The molecule has 0 bridgehead atoms. The Labute approximate surface area is 160 Å². The molecule has 3 rings (SSSR count). The number of carbonyl (C=O) groups is 1. The lowest BCUT2D eigenvalue weighted by atomic mass is 9.79. The molecule has 9 atom stereocenters. The fourth-order valence-electron chi connectivity index (χ4n) is 3.71. The molecular formula is C17H24O11. The Bertz CT molecular complexity index is 647. The standard InChI is InChI=1S/C17H24O11/c1-25-14(23)8-5-26-15(10-7(8)2-3-17(10,24)6-19)28-16-13(22)12(21)11(20)9(4-18)27-16/h2-3,5,7,9-13,15-16,18-22,24H,4,6H2,1H3/t7-,9+,10+,11-,12-,13-,15+,16-,17+/m1/s1. The van der Waals surface area contributed by atoms with Crippen molar-refractivity contribution < 1.29 is 54.4 Å². The number of hydrogen-bond donors (Lipinski definition) is 6. The largest absolute Gasteiger partial charge is 0.471 e. The molecule has 158 valence electrons. The van der Waals surface area contributed by atoms with Crippen molar-refractivity contribution in [3.63, 3.8) is 0 Å². The Hall–Kier alpha value is -1.57. The number of aliphatic hydroxyl groups excluding tert-OH is 5. The zero-order chi connectivity index (χ0) is 20.6. The van der Waals surface area contributed by atoms with Crippen molar-refractivity contribution in [3.05, 3.63) is 24.0 Å². The summed E-state index contributed by atoms with van der Waals surface area (Å²) in [7, 11) is 1.19. The maximum absolute atomic E-state index is 12.0. The lowest BCUT2D eigenvalue weighted by molar-refractivity contribution is -0.346. The molecule has 0 aromatic heterocycles. The van der Waals surface area contributed by atoms with Crippen LogP contribution in [0.5, 0.6) is 0 Å². The predicted octanol–water partition coefficient (Wildman–Crippen LogP) is -3.26. The van der Waals surface area contributed by atoms with Crippen LogP contribution in [0.25, 0.3) is 0 Å². The molecule has 0 saturated carbocycles. The highest BCUT2D eigenvalue weighted by Gasteiger charge is 2.55. The molecule has 6 N–H and O–H groups in total. The number of methoxy groups -OCH3 is 1. The summed E-state index contributed by atoms with van der Waals surface area (Å²) in [6.45, 7) is -1.34. The molecule has 3 aliphatic rings. The minimum absolute atomic E-state index is 0.0989. The summed E-state index contributed by atoms with van der Waals surface area (Å²) in [6, 6.07) is 0. The van der Waals surface area contributed by atoms with E-state index >= 15 is 0 Å². The fraction of sp³-hybridized carbons (Fsp3) is 0.706. The van der Waals surface area contributed by atoms with Crippen LogP contribution in [0.4, 0.5) is 0 Å². The summed E-state index contributed by atoms with van der Waals surface area (Å²) in [5, 5.41) is 59.5. The normalized spacial score (nSPS) is 45.2. The molecule has 1 aliphatic carbocycles. The molecule has 28 heavy (non-hydrogen) atoms. The number of hydrogen-bond acceptors (Lipinski definition) is 11. The molecule has 11 heteroatoms. The first kappa shape index (κ1) is 21.1. The zero-order valence-electron chi connectivity index (χ0n) is 15.0. The van der Waals surface area contributed by atoms with Gasteiger partial charge in [0.2, 0.25) is 6.29 Å². The molecule has 0 aromatic carbocycles. The third-order valence-electron chi connectivity index (χ3n) is 5.33. The van der Waals surface area contributed by atoms with Gasteiger partial charge in [-0.25, -0.2) is 4.79 Å². The van der Waals surface area contributed by atoms with Crippen molar-refractivity contribution >= 4 is 5.97 Å². The van der Waals surface area contributed by atoms with Crippen molar-refractivity contribution in [2.75, 3.05) is 20.3 Å². The van der Waals surface area contributed by atoms with Gasteiger partial charge in [0.05, 0.1) is 38.1 Å². The summed E-state index contributed by atoms with van der Waals surface area (Å²) in [4.78, 5) is 12.0. The third-order valence-corrected chi connectivity index (χ3v) is 5.33. The highest BCUT2D eigenvalue weighted by molar-refractivity contribution is 5.89. The van der Waals surface area contributed by atoms with Crippen LogP contribution in [0, 0.1) is 11.8 Å². The number of carbonyl (C=O) groups excluding carboxylic acids is 1. The SMILES string of the molecule is COC(=O)C1=CO[C@@H](O[C@H]2O[C@@H](CO)[C@@H](O)[C@@H](O)[C@H]2O)[C@@H]2[C@@H]1C=C[C@]2(O)CO. The molecule has 0 spiro atoms. The van der Waals surface area contributed by atoms with Gasteiger partial charge in [0, 0.05) is 5.92 Å². The number of rotatable bonds is 5. The second kappa shape index (κ2) is 8.05. The molecule has 2 heterocycles. The second-order valence-electron chi connectivity index (χ2n) is 6.96. The lowest BCUT2D eigenvalue weighted by Crippen LogP contribution is -2.61. The number of allylic oxidation sites excluding steroid dienone is 1. The Morgan fingerprint density at radius 1 is 1.18 bits per heavy atom. The fourth-order valence-corrected chi connectivity index (χ4v) is 3.71. The second-order valence-corrected chi connectivity index (χ2v) is 6.96. The van der Waals surface area contributed by atoms with Gasteiger partial charge in [-0.1, -0.05) is 12.2 Å². The van der Waals surface area contributed by atoms with E-state index in [1.807, 2.05) is 0 Å². The third kappa shape index (κ3) is 3.44. The molecule has 11 nitrogen and oxygen atoms in total. The van der Waals surface area contributed by atoms with Crippen LogP contribution < -0.4 is 0 Å². The predicted molar refractivity (Wildman–Crippen MR) is 88.0 cm³/mol. The first-order valence-electron chi connectivity index (χ1n) is 8.69. The van der Waals surface area contributed by atoms with Crippen LogP contribution in [0.1, 0.15) is 0 Å². The molecule has 0 aromatic rings. The van der Waals surface area contributed by atoms with E-state index in [4.69, 9.17) is 18.9 Å². The average Bonchev–Trinajstić information content (AvgIpc) is 3.06. The lowest BCUT2D eigenvalue weighted by Gasteiger charge is -2.44. The summed E-state index contributed by atoms with van der Waals surface area (Å²) in [5.74, 6) is -2.40. The highest BCUT2D eigenvalue weighted by Crippen LogP contribution is 2.45. The first-order chi connectivity index (χ1) is 13.3. The van der Waals surface area contributed by atoms with Gasteiger partial charge >= 0.3 is 5.97 Å². The van der Waals surface area contributed by atoms with E-state index in [2.05, 4.69) is 0 Å². The van der Waals surface area contributed by atoms with Gasteiger partial charge in [0.25, 0.3) is 0 Å². The van der Waals surface area contributed by atoms with Crippen molar-refractivity contribution in [2.24, 2.45) is 11.8 Å². The van der Waals surface area contributed by atoms with E-state index in [1.54, 1.807) is 0 Å². The van der Waals surface area contributed by atoms with E-state index in [0.29, 0.717) is 0 Å². The molecule has 0 amide bonds. The van der Waals surface area contributed by atoms with E-state index in [1.165, 1.54) is 19.3 Å². The van der Waals surface area contributed by atoms with Crippen molar-refractivity contribution in [1.82, 2.24) is 0 Å². The van der Waals surface area contributed by atoms with E-state index in [0.717, 1.165) is 6.26 Å².